The summed E-state index contributed by atoms with van der Waals surface area (Å²) in [6, 6.07) is 15.6. The Kier molecular flexibility index (Phi) is 4.77. The van der Waals surface area contributed by atoms with Gasteiger partial charge in [0, 0.05) is 11.6 Å². The first-order valence-corrected chi connectivity index (χ1v) is 8.78. The molecule has 0 N–H and O–H groups in total. The Balaban J connectivity index is 1.56. The number of halogens is 1. The smallest absolute Gasteiger partial charge is 0.177 e. The predicted octanol–water partition coefficient (Wildman–Crippen LogP) is 3.52. The predicted molar refractivity (Wildman–Crippen MR) is 99.6 cm³/mol. The monoisotopic (exact) mass is 370 g/mol. The number of ether oxygens (including phenoxy) is 2. The average molecular weight is 371 g/mol. The summed E-state index contributed by atoms with van der Waals surface area (Å²) >= 11 is 6.05. The minimum absolute atomic E-state index is 0.278. The second-order valence-electron chi connectivity index (χ2n) is 6.06. The number of anilines is 1. The van der Waals surface area contributed by atoms with Gasteiger partial charge in [-0.3, -0.25) is 0 Å². The second kappa shape index (κ2) is 7.35. The van der Waals surface area contributed by atoms with E-state index in [4.69, 9.17) is 21.1 Å². The van der Waals surface area contributed by atoms with Gasteiger partial charge in [-0.1, -0.05) is 41.1 Å². The van der Waals surface area contributed by atoms with Crippen molar-refractivity contribution in [2.24, 2.45) is 0 Å². The van der Waals surface area contributed by atoms with E-state index < -0.39 is 0 Å². The highest BCUT2D eigenvalue weighted by Crippen LogP contribution is 2.36. The topological polar surface area (TPSA) is 52.4 Å². The molecule has 26 heavy (non-hydrogen) atoms. The van der Waals surface area contributed by atoms with Gasteiger partial charge < -0.3 is 14.4 Å². The summed E-state index contributed by atoms with van der Waals surface area (Å²) in [6.07, 6.45) is 1.64. The first-order chi connectivity index (χ1) is 12.7. The molecule has 0 spiro atoms. The lowest BCUT2D eigenvalue weighted by Gasteiger charge is -2.25. The zero-order chi connectivity index (χ0) is 17.9. The molecule has 6 nitrogen and oxygen atoms in total. The molecule has 7 heteroatoms. The van der Waals surface area contributed by atoms with E-state index in [1.165, 1.54) is 0 Å². The van der Waals surface area contributed by atoms with Gasteiger partial charge in [-0.2, -0.15) is 0 Å². The Morgan fingerprint density at radius 1 is 1.23 bits per heavy atom. The molecule has 0 aliphatic carbocycles. The Labute approximate surface area is 156 Å². The number of aromatic nitrogens is 3. The molecular weight excluding hydrogens is 352 g/mol. The normalized spacial score (nSPS) is 16.8. The van der Waals surface area contributed by atoms with E-state index in [9.17, 15) is 0 Å². The first kappa shape index (κ1) is 16.9. The van der Waals surface area contributed by atoms with Crippen molar-refractivity contribution in [2.45, 2.75) is 12.8 Å². The van der Waals surface area contributed by atoms with Gasteiger partial charge >= 0.3 is 0 Å². The molecule has 134 valence electrons. The summed E-state index contributed by atoms with van der Waals surface area (Å²) in [5, 5.41) is 9.27. The van der Waals surface area contributed by atoms with E-state index in [2.05, 4.69) is 15.2 Å². The van der Waals surface area contributed by atoms with E-state index in [1.54, 1.807) is 11.8 Å². The van der Waals surface area contributed by atoms with Crippen LogP contribution in [0, 0.1) is 0 Å². The summed E-state index contributed by atoms with van der Waals surface area (Å²) in [7, 11) is 1.67. The number of rotatable bonds is 5. The Hall–Kier alpha value is -2.57. The lowest BCUT2D eigenvalue weighted by atomic mass is 10.2. The molecule has 1 aliphatic rings. The molecule has 0 bridgehead atoms. The standard InChI is InChI=1S/C19H19ClN4O2/c1-25-18-8-3-2-7-17(18)24-9-10-26-19(24)16-13-23(22-21-16)12-14-5-4-6-15(20)11-14/h2-8,11,13,19H,9-10,12H2,1H3/t19-/m1/s1. The minimum atomic E-state index is -0.278. The lowest BCUT2D eigenvalue weighted by molar-refractivity contribution is 0.110. The number of hydrogen-bond donors (Lipinski definition) is 0. The van der Waals surface area contributed by atoms with Gasteiger partial charge in [-0.15, -0.1) is 5.10 Å². The summed E-state index contributed by atoms with van der Waals surface area (Å²) in [5.41, 5.74) is 2.83. The zero-order valence-electron chi connectivity index (χ0n) is 14.4. The molecule has 0 unspecified atom stereocenters. The maximum atomic E-state index is 6.05. The van der Waals surface area contributed by atoms with Gasteiger partial charge in [-0.25, -0.2) is 4.68 Å². The van der Waals surface area contributed by atoms with E-state index in [-0.39, 0.29) is 6.23 Å². The number of benzene rings is 2. The first-order valence-electron chi connectivity index (χ1n) is 8.40. The largest absolute Gasteiger partial charge is 0.495 e. The van der Waals surface area contributed by atoms with Crippen LogP contribution in [0.15, 0.2) is 54.7 Å². The molecule has 0 saturated carbocycles. The van der Waals surface area contributed by atoms with Crippen LogP contribution in [0.3, 0.4) is 0 Å². The molecule has 0 amide bonds. The third-order valence-corrected chi connectivity index (χ3v) is 4.56. The number of methoxy groups -OCH3 is 1. The molecule has 1 aromatic heterocycles. The van der Waals surface area contributed by atoms with Crippen molar-refractivity contribution in [3.8, 4) is 5.75 Å². The van der Waals surface area contributed by atoms with E-state index in [0.29, 0.717) is 18.2 Å². The van der Waals surface area contributed by atoms with Gasteiger partial charge in [0.1, 0.15) is 11.4 Å². The van der Waals surface area contributed by atoms with Crippen LogP contribution >= 0.6 is 11.6 Å². The van der Waals surface area contributed by atoms with Crippen LogP contribution in [0.2, 0.25) is 5.02 Å². The average Bonchev–Trinajstić information content (AvgIpc) is 3.30. The van der Waals surface area contributed by atoms with Crippen LogP contribution in [0.5, 0.6) is 5.75 Å². The maximum absolute atomic E-state index is 6.05. The van der Waals surface area contributed by atoms with E-state index >= 15 is 0 Å². The van der Waals surface area contributed by atoms with Crippen LogP contribution in [0.25, 0.3) is 0 Å². The fourth-order valence-corrected chi connectivity index (χ4v) is 3.37. The van der Waals surface area contributed by atoms with Crippen molar-refractivity contribution >= 4 is 17.3 Å². The van der Waals surface area contributed by atoms with Gasteiger partial charge in [0.05, 0.1) is 32.1 Å². The zero-order valence-corrected chi connectivity index (χ0v) is 15.1. The maximum Gasteiger partial charge on any atom is 0.177 e. The summed E-state index contributed by atoms with van der Waals surface area (Å²) in [4.78, 5) is 2.15. The van der Waals surface area contributed by atoms with Crippen molar-refractivity contribution < 1.29 is 9.47 Å². The molecule has 3 aromatic rings. The quantitative estimate of drug-likeness (QED) is 0.687. The molecule has 2 aromatic carbocycles. The molecule has 2 heterocycles. The van der Waals surface area contributed by atoms with Crippen molar-refractivity contribution in [3.05, 3.63) is 71.0 Å². The van der Waals surface area contributed by atoms with Crippen LogP contribution in [0.1, 0.15) is 17.5 Å². The molecule has 1 aliphatic heterocycles. The fraction of sp³-hybridized carbons (Fsp3) is 0.263. The Morgan fingerprint density at radius 2 is 2.12 bits per heavy atom. The van der Waals surface area contributed by atoms with Crippen molar-refractivity contribution in [3.63, 3.8) is 0 Å². The highest BCUT2D eigenvalue weighted by molar-refractivity contribution is 6.30. The summed E-state index contributed by atoms with van der Waals surface area (Å²) in [6.45, 7) is 2.00. The van der Waals surface area contributed by atoms with E-state index in [1.807, 2.05) is 54.7 Å². The van der Waals surface area contributed by atoms with E-state index in [0.717, 1.165) is 29.2 Å². The van der Waals surface area contributed by atoms with Crippen molar-refractivity contribution in [1.29, 1.82) is 0 Å². The van der Waals surface area contributed by atoms with Gasteiger partial charge in [0.15, 0.2) is 6.23 Å². The SMILES string of the molecule is COc1ccccc1N1CCO[C@@H]1c1cn(Cc2cccc(Cl)c2)nn1. The number of hydrogen-bond acceptors (Lipinski definition) is 5. The van der Waals surface area contributed by atoms with Crippen molar-refractivity contribution in [1.82, 2.24) is 15.0 Å². The Bertz CT molecular complexity index is 899. The van der Waals surface area contributed by atoms with Crippen molar-refractivity contribution in [2.75, 3.05) is 25.2 Å². The Morgan fingerprint density at radius 3 is 2.96 bits per heavy atom. The fourth-order valence-electron chi connectivity index (χ4n) is 3.15. The number of para-hydroxylation sites is 2. The molecule has 1 atom stereocenters. The molecule has 4 rings (SSSR count). The van der Waals surface area contributed by atoms with Crippen LogP contribution < -0.4 is 9.64 Å². The third kappa shape index (κ3) is 3.38. The van der Waals surface area contributed by atoms with Gasteiger partial charge in [-0.05, 0) is 29.8 Å². The summed E-state index contributed by atoms with van der Waals surface area (Å²) in [5.74, 6) is 0.814. The van der Waals surface area contributed by atoms with Crippen LogP contribution in [-0.4, -0.2) is 35.3 Å². The molecule has 0 radical (unpaired) electrons. The molecule has 1 saturated heterocycles. The highest BCUT2D eigenvalue weighted by Gasteiger charge is 2.31. The number of nitrogens with zero attached hydrogens (tertiary/aromatic N) is 4. The molecular formula is C19H19ClN4O2. The third-order valence-electron chi connectivity index (χ3n) is 4.33. The second-order valence-corrected chi connectivity index (χ2v) is 6.50. The highest BCUT2D eigenvalue weighted by atomic mass is 35.5. The molecule has 1 fully saturated rings. The van der Waals surface area contributed by atoms with Gasteiger partial charge in [0.25, 0.3) is 0 Å². The van der Waals surface area contributed by atoms with Crippen LogP contribution in [0.4, 0.5) is 5.69 Å². The lowest BCUT2D eigenvalue weighted by Crippen LogP contribution is -2.24. The van der Waals surface area contributed by atoms with Crippen LogP contribution in [-0.2, 0) is 11.3 Å². The van der Waals surface area contributed by atoms with Gasteiger partial charge in [0.2, 0.25) is 0 Å². The summed E-state index contributed by atoms with van der Waals surface area (Å²) < 4.78 is 13.2. The minimum Gasteiger partial charge on any atom is -0.495 e.